The van der Waals surface area contributed by atoms with Gasteiger partial charge >= 0.3 is 5.97 Å². The van der Waals surface area contributed by atoms with Crippen molar-refractivity contribution in [2.75, 3.05) is 11.9 Å². The lowest BCUT2D eigenvalue weighted by Crippen LogP contribution is -2.10. The Balaban J connectivity index is 2.46. The van der Waals surface area contributed by atoms with Gasteiger partial charge in [0, 0.05) is 12.1 Å². The van der Waals surface area contributed by atoms with E-state index in [1.54, 1.807) is 31.2 Å². The molecule has 0 radical (unpaired) electrons. The molecule has 1 amide bonds. The van der Waals surface area contributed by atoms with Crippen LogP contribution in [0, 0.1) is 0 Å². The number of benzene rings is 1. The largest absolute Gasteiger partial charge is 0.462 e. The fraction of sp³-hybridized carbons (Fsp3) is 0.467. The first kappa shape index (κ1) is 15.2. The lowest BCUT2D eigenvalue weighted by molar-refractivity contribution is -0.115. The average Bonchev–Trinajstić information content (AvgIpc) is 2.44. The number of carbonyl (C=O) groups excluding carboxylic acids is 2. The van der Waals surface area contributed by atoms with Gasteiger partial charge in [0.05, 0.1) is 12.2 Å². The molecular weight excluding hydrogens is 242 g/mol. The summed E-state index contributed by atoms with van der Waals surface area (Å²) in [5.74, 6) is -0.362. The van der Waals surface area contributed by atoms with E-state index in [2.05, 4.69) is 12.2 Å². The summed E-state index contributed by atoms with van der Waals surface area (Å²) < 4.78 is 5.15. The lowest BCUT2D eigenvalue weighted by Gasteiger charge is -2.06. The maximum atomic E-state index is 11.7. The second kappa shape index (κ2) is 8.29. The van der Waals surface area contributed by atoms with Crippen LogP contribution in [0.3, 0.4) is 0 Å². The Morgan fingerprint density at radius 2 is 1.79 bits per heavy atom. The summed E-state index contributed by atoms with van der Waals surface area (Å²) in [6.07, 6.45) is 3.49. The third-order valence-electron chi connectivity index (χ3n) is 2.71. The van der Waals surface area contributed by atoms with Crippen molar-refractivity contribution >= 4 is 17.6 Å². The Morgan fingerprint density at radius 3 is 2.37 bits per heavy atom. The van der Waals surface area contributed by atoms with Crippen molar-refractivity contribution in [2.24, 2.45) is 0 Å². The minimum absolute atomic E-state index is 0.0464. The molecule has 0 unspecified atom stereocenters. The summed E-state index contributed by atoms with van der Waals surface area (Å²) in [4.78, 5) is 22.9. The zero-order chi connectivity index (χ0) is 14.1. The second-order valence-electron chi connectivity index (χ2n) is 4.32. The predicted octanol–water partition coefficient (Wildman–Crippen LogP) is 3.38. The predicted molar refractivity (Wildman–Crippen MR) is 75.2 cm³/mol. The van der Waals surface area contributed by atoms with Crippen molar-refractivity contribution in [2.45, 2.75) is 39.5 Å². The average molecular weight is 263 g/mol. The van der Waals surface area contributed by atoms with E-state index in [9.17, 15) is 9.59 Å². The number of unbranched alkanes of at least 4 members (excludes halogenated alkanes) is 2. The molecule has 1 rings (SSSR count). The van der Waals surface area contributed by atoms with Crippen molar-refractivity contribution in [3.05, 3.63) is 29.8 Å². The number of ether oxygens (including phenoxy) is 1. The Bertz CT molecular complexity index is 412. The van der Waals surface area contributed by atoms with Crippen LogP contribution in [0.25, 0.3) is 0 Å². The molecule has 0 heterocycles. The zero-order valence-electron chi connectivity index (χ0n) is 11.6. The van der Waals surface area contributed by atoms with E-state index in [-0.39, 0.29) is 11.9 Å². The molecule has 0 aliphatic heterocycles. The molecule has 0 aliphatic carbocycles. The van der Waals surface area contributed by atoms with Gasteiger partial charge in [-0.15, -0.1) is 0 Å². The number of amides is 1. The van der Waals surface area contributed by atoms with Gasteiger partial charge in [-0.2, -0.15) is 0 Å². The number of carbonyl (C=O) groups is 2. The van der Waals surface area contributed by atoms with Crippen LogP contribution in [0.2, 0.25) is 0 Å². The molecule has 4 nitrogen and oxygen atoms in total. The van der Waals surface area contributed by atoms with Crippen molar-refractivity contribution < 1.29 is 14.3 Å². The molecule has 0 aliphatic rings. The Hall–Kier alpha value is -1.84. The van der Waals surface area contributed by atoms with Crippen molar-refractivity contribution in [3.63, 3.8) is 0 Å². The maximum absolute atomic E-state index is 11.7. The van der Waals surface area contributed by atoms with Gasteiger partial charge in [-0.05, 0) is 30.7 Å². The highest BCUT2D eigenvalue weighted by atomic mass is 16.5. The fourth-order valence-electron chi connectivity index (χ4n) is 1.54. The molecule has 104 valence electrons. The quantitative estimate of drug-likeness (QED) is 0.606. The summed E-state index contributed by atoms with van der Waals surface area (Å²) >= 11 is 0. The minimum atomic E-state index is -0.315. The molecule has 19 heavy (non-hydrogen) atoms. The number of esters is 1. The smallest absolute Gasteiger partial charge is 0.338 e. The highest BCUT2D eigenvalue weighted by molar-refractivity contribution is 5.92. The van der Waals surface area contributed by atoms with E-state index in [4.69, 9.17) is 4.74 Å². The summed E-state index contributed by atoms with van der Waals surface area (Å²) in [5, 5.41) is 2.73. The first-order valence-electron chi connectivity index (χ1n) is 6.74. The molecule has 0 spiro atoms. The first-order chi connectivity index (χ1) is 9.17. The molecule has 0 aromatic heterocycles. The first-order valence-corrected chi connectivity index (χ1v) is 6.74. The normalized spacial score (nSPS) is 10.0. The molecular formula is C15H21NO3. The highest BCUT2D eigenvalue weighted by Gasteiger charge is 2.07. The van der Waals surface area contributed by atoms with Gasteiger partial charge in [0.15, 0.2) is 0 Å². The van der Waals surface area contributed by atoms with Crippen LogP contribution in [0.1, 0.15) is 49.9 Å². The van der Waals surface area contributed by atoms with Gasteiger partial charge in [0.1, 0.15) is 0 Å². The second-order valence-corrected chi connectivity index (χ2v) is 4.32. The van der Waals surface area contributed by atoms with E-state index >= 15 is 0 Å². The van der Waals surface area contributed by atoms with Crippen LogP contribution in [0.15, 0.2) is 24.3 Å². The Morgan fingerprint density at radius 1 is 1.11 bits per heavy atom. The van der Waals surface area contributed by atoms with Gasteiger partial charge in [0.25, 0.3) is 0 Å². The van der Waals surface area contributed by atoms with Crippen LogP contribution < -0.4 is 5.32 Å². The van der Waals surface area contributed by atoms with E-state index in [1.165, 1.54) is 0 Å². The topological polar surface area (TPSA) is 55.4 Å². The molecule has 0 saturated carbocycles. The minimum Gasteiger partial charge on any atom is -0.462 e. The fourth-order valence-corrected chi connectivity index (χ4v) is 1.54. The number of rotatable bonds is 7. The van der Waals surface area contributed by atoms with Crippen LogP contribution in [0.5, 0.6) is 0 Å². The molecule has 1 aromatic rings. The van der Waals surface area contributed by atoms with Crippen molar-refractivity contribution in [1.29, 1.82) is 0 Å². The molecule has 0 fully saturated rings. The van der Waals surface area contributed by atoms with Gasteiger partial charge in [-0.25, -0.2) is 4.79 Å². The van der Waals surface area contributed by atoms with Gasteiger partial charge in [-0.1, -0.05) is 26.7 Å². The number of anilines is 1. The molecule has 4 heteroatoms. The third kappa shape index (κ3) is 5.55. The van der Waals surface area contributed by atoms with Crippen LogP contribution >= 0.6 is 0 Å². The molecule has 0 saturated heterocycles. The van der Waals surface area contributed by atoms with Gasteiger partial charge in [-0.3, -0.25) is 4.79 Å². The molecule has 0 atom stereocenters. The maximum Gasteiger partial charge on any atom is 0.338 e. The number of hydrogen-bond donors (Lipinski definition) is 1. The summed E-state index contributed by atoms with van der Waals surface area (Å²) in [7, 11) is 0. The van der Waals surface area contributed by atoms with Crippen LogP contribution in [-0.2, 0) is 9.53 Å². The van der Waals surface area contributed by atoms with Gasteiger partial charge in [0.2, 0.25) is 5.91 Å². The third-order valence-corrected chi connectivity index (χ3v) is 2.71. The number of hydrogen-bond acceptors (Lipinski definition) is 3. The van der Waals surface area contributed by atoms with Crippen LogP contribution in [0.4, 0.5) is 5.69 Å². The zero-order valence-corrected chi connectivity index (χ0v) is 11.6. The summed E-state index contributed by atoms with van der Waals surface area (Å²) in [5.41, 5.74) is 1.19. The van der Waals surface area contributed by atoms with E-state index in [1.807, 2.05) is 0 Å². The van der Waals surface area contributed by atoms with E-state index in [0.717, 1.165) is 19.3 Å². The monoisotopic (exact) mass is 263 g/mol. The highest BCUT2D eigenvalue weighted by Crippen LogP contribution is 2.11. The standard InChI is InChI=1S/C15H21NO3/c1-3-5-6-11-19-15(18)12-7-9-13(10-8-12)16-14(17)4-2/h7-10H,3-6,11H2,1-2H3,(H,16,17). The SMILES string of the molecule is CCCCCOC(=O)c1ccc(NC(=O)CC)cc1. The Kier molecular flexibility index (Phi) is 6.64. The number of nitrogens with one attached hydrogen (secondary N) is 1. The molecule has 0 bridgehead atoms. The molecule has 1 N–H and O–H groups in total. The van der Waals surface area contributed by atoms with Crippen molar-refractivity contribution in [3.8, 4) is 0 Å². The summed E-state index contributed by atoms with van der Waals surface area (Å²) in [6, 6.07) is 6.73. The van der Waals surface area contributed by atoms with Gasteiger partial charge < -0.3 is 10.1 Å². The van der Waals surface area contributed by atoms with Crippen LogP contribution in [-0.4, -0.2) is 18.5 Å². The summed E-state index contributed by atoms with van der Waals surface area (Å²) in [6.45, 7) is 4.35. The van der Waals surface area contributed by atoms with E-state index in [0.29, 0.717) is 24.3 Å². The van der Waals surface area contributed by atoms with E-state index < -0.39 is 0 Å². The van der Waals surface area contributed by atoms with Crippen molar-refractivity contribution in [1.82, 2.24) is 0 Å². The lowest BCUT2D eigenvalue weighted by atomic mass is 10.2. The Labute approximate surface area is 114 Å². The molecule has 1 aromatic carbocycles.